The highest BCUT2D eigenvalue weighted by Crippen LogP contribution is 2.25. The molecule has 29 heavy (non-hydrogen) atoms. The van der Waals surface area contributed by atoms with Crippen molar-refractivity contribution in [2.24, 2.45) is 0 Å². The molecule has 0 bridgehead atoms. The molecule has 1 atom stereocenters. The van der Waals surface area contributed by atoms with Gasteiger partial charge in [0.2, 0.25) is 0 Å². The first-order chi connectivity index (χ1) is 13.7. The molecular weight excluding hydrogens is 394 g/mol. The summed E-state index contributed by atoms with van der Waals surface area (Å²) in [5, 5.41) is 5.26. The molecule has 0 aliphatic rings. The number of nitrogens with one attached hydrogen (secondary N) is 3. The number of carbonyl (C=O) groups is 2. The molecular formula is C20H25N3O5S. The highest BCUT2D eigenvalue weighted by Gasteiger charge is 2.22. The van der Waals surface area contributed by atoms with Gasteiger partial charge in [0, 0.05) is 13.1 Å². The first-order valence-electron chi connectivity index (χ1n) is 9.06. The molecule has 0 heterocycles. The monoisotopic (exact) mass is 419 g/mol. The maximum atomic E-state index is 12.9. The summed E-state index contributed by atoms with van der Waals surface area (Å²) in [5.41, 5.74) is 0.433. The van der Waals surface area contributed by atoms with E-state index < -0.39 is 15.9 Å². The second-order valence-corrected chi connectivity index (χ2v) is 8.06. The zero-order chi connectivity index (χ0) is 21.6. The summed E-state index contributed by atoms with van der Waals surface area (Å²) < 4.78 is 33.4. The number of benzene rings is 2. The van der Waals surface area contributed by atoms with Crippen molar-refractivity contribution in [1.29, 1.82) is 0 Å². The first kappa shape index (κ1) is 22.2. The van der Waals surface area contributed by atoms with Crippen LogP contribution in [-0.4, -0.2) is 40.4 Å². The summed E-state index contributed by atoms with van der Waals surface area (Å²) in [5.74, 6) is -0.609. The van der Waals surface area contributed by atoms with E-state index in [4.69, 9.17) is 4.74 Å². The number of ether oxygens (including phenoxy) is 1. The lowest BCUT2D eigenvalue weighted by molar-refractivity contribution is 0.0937. The summed E-state index contributed by atoms with van der Waals surface area (Å²) >= 11 is 0. The lowest BCUT2D eigenvalue weighted by Crippen LogP contribution is -2.32. The summed E-state index contributed by atoms with van der Waals surface area (Å²) in [6.45, 7) is 3.80. The minimum absolute atomic E-state index is 0.0520. The highest BCUT2D eigenvalue weighted by molar-refractivity contribution is 7.92. The van der Waals surface area contributed by atoms with Crippen molar-refractivity contribution in [2.75, 3.05) is 18.9 Å². The number of carbonyl (C=O) groups excluding carboxylic acids is 2. The Labute approximate surface area is 170 Å². The number of rotatable bonds is 8. The molecule has 2 rings (SSSR count). The molecule has 0 aliphatic heterocycles. The molecule has 9 heteroatoms. The largest absolute Gasteiger partial charge is 0.496 e. The average molecular weight is 420 g/mol. The van der Waals surface area contributed by atoms with E-state index in [9.17, 15) is 18.0 Å². The molecule has 2 amide bonds. The van der Waals surface area contributed by atoms with Crippen LogP contribution in [-0.2, 0) is 10.0 Å². The number of sulfonamides is 1. The van der Waals surface area contributed by atoms with Gasteiger partial charge in [0.15, 0.2) is 0 Å². The Kier molecular flexibility index (Phi) is 7.22. The van der Waals surface area contributed by atoms with Gasteiger partial charge >= 0.3 is 0 Å². The standard InChI is InChI=1S/C20H25N3O5S/c1-5-13(2)22-20(25)15-8-6-7-9-17(15)23-29(26,27)14-10-11-18(28-4)16(12-14)19(24)21-3/h6-13,23H,5H2,1-4H3,(H,21,24)(H,22,25)/t13-/m0/s1. The van der Waals surface area contributed by atoms with E-state index >= 15 is 0 Å². The lowest BCUT2D eigenvalue weighted by atomic mass is 10.1. The van der Waals surface area contributed by atoms with Crippen molar-refractivity contribution in [3.05, 3.63) is 53.6 Å². The van der Waals surface area contributed by atoms with Gasteiger partial charge < -0.3 is 15.4 Å². The maximum absolute atomic E-state index is 12.9. The normalized spacial score (nSPS) is 12.0. The molecule has 0 saturated heterocycles. The predicted octanol–water partition coefficient (Wildman–Crippen LogP) is 2.38. The minimum atomic E-state index is -4.06. The molecule has 0 radical (unpaired) electrons. The third-order valence-corrected chi connectivity index (χ3v) is 5.72. The molecule has 3 N–H and O–H groups in total. The summed E-state index contributed by atoms with van der Waals surface area (Å²) in [6, 6.07) is 10.2. The number of methoxy groups -OCH3 is 1. The Morgan fingerprint density at radius 3 is 2.38 bits per heavy atom. The second-order valence-electron chi connectivity index (χ2n) is 6.38. The molecule has 156 valence electrons. The molecule has 0 unspecified atom stereocenters. The summed E-state index contributed by atoms with van der Waals surface area (Å²) in [6.07, 6.45) is 0.744. The highest BCUT2D eigenvalue weighted by atomic mass is 32.2. The zero-order valence-corrected chi connectivity index (χ0v) is 17.6. The third kappa shape index (κ3) is 5.26. The van der Waals surface area contributed by atoms with Crippen molar-refractivity contribution >= 4 is 27.5 Å². The van der Waals surface area contributed by atoms with Crippen LogP contribution in [0.1, 0.15) is 41.0 Å². The number of hydrogen-bond acceptors (Lipinski definition) is 5. The van der Waals surface area contributed by atoms with Gasteiger partial charge in [-0.05, 0) is 43.7 Å². The number of anilines is 1. The Bertz CT molecular complexity index is 1000. The summed E-state index contributed by atoms with van der Waals surface area (Å²) in [4.78, 5) is 24.4. The number of amides is 2. The van der Waals surface area contributed by atoms with Gasteiger partial charge in [-0.1, -0.05) is 19.1 Å². The molecule has 0 aliphatic carbocycles. The maximum Gasteiger partial charge on any atom is 0.261 e. The quantitative estimate of drug-likeness (QED) is 0.608. The van der Waals surface area contributed by atoms with Gasteiger partial charge in [-0.2, -0.15) is 0 Å². The Hall–Kier alpha value is -3.07. The Balaban J connectivity index is 2.40. The van der Waals surface area contributed by atoms with Crippen LogP contribution in [0.15, 0.2) is 47.4 Å². The average Bonchev–Trinajstić information content (AvgIpc) is 2.72. The van der Waals surface area contributed by atoms with E-state index in [2.05, 4.69) is 15.4 Å². The fraction of sp³-hybridized carbons (Fsp3) is 0.300. The molecule has 8 nitrogen and oxygen atoms in total. The van der Waals surface area contributed by atoms with E-state index in [1.54, 1.807) is 18.2 Å². The fourth-order valence-corrected chi connectivity index (χ4v) is 3.65. The molecule has 0 aromatic heterocycles. The molecule has 0 fully saturated rings. The van der Waals surface area contributed by atoms with Gasteiger partial charge in [0.1, 0.15) is 5.75 Å². The molecule has 2 aromatic rings. The van der Waals surface area contributed by atoms with Crippen LogP contribution in [0.2, 0.25) is 0 Å². The predicted molar refractivity (Wildman–Crippen MR) is 111 cm³/mol. The van der Waals surface area contributed by atoms with Gasteiger partial charge in [-0.25, -0.2) is 8.42 Å². The van der Waals surface area contributed by atoms with E-state index in [1.165, 1.54) is 38.4 Å². The van der Waals surface area contributed by atoms with Gasteiger partial charge in [0.25, 0.3) is 21.8 Å². The smallest absolute Gasteiger partial charge is 0.261 e. The molecule has 0 spiro atoms. The molecule has 0 saturated carbocycles. The van der Waals surface area contributed by atoms with E-state index in [-0.39, 0.29) is 39.4 Å². The van der Waals surface area contributed by atoms with Crippen molar-refractivity contribution in [3.8, 4) is 5.75 Å². The van der Waals surface area contributed by atoms with Crippen molar-refractivity contribution in [1.82, 2.24) is 10.6 Å². The lowest BCUT2D eigenvalue weighted by Gasteiger charge is -2.16. The summed E-state index contributed by atoms with van der Waals surface area (Å²) in [7, 11) is -1.23. The van der Waals surface area contributed by atoms with Gasteiger partial charge in [-0.15, -0.1) is 0 Å². The topological polar surface area (TPSA) is 114 Å². The van der Waals surface area contributed by atoms with Gasteiger partial charge in [0.05, 0.1) is 28.8 Å². The first-order valence-corrected chi connectivity index (χ1v) is 10.5. The number of hydrogen-bond donors (Lipinski definition) is 3. The Morgan fingerprint density at radius 1 is 1.07 bits per heavy atom. The van der Waals surface area contributed by atoms with Crippen molar-refractivity contribution in [3.63, 3.8) is 0 Å². The van der Waals surface area contributed by atoms with Crippen molar-refractivity contribution in [2.45, 2.75) is 31.2 Å². The van der Waals surface area contributed by atoms with E-state index in [0.717, 1.165) is 6.42 Å². The Morgan fingerprint density at radius 2 is 1.76 bits per heavy atom. The minimum Gasteiger partial charge on any atom is -0.496 e. The van der Waals surface area contributed by atoms with Crippen LogP contribution >= 0.6 is 0 Å². The van der Waals surface area contributed by atoms with Crippen LogP contribution < -0.4 is 20.1 Å². The SMILES string of the molecule is CC[C@H](C)NC(=O)c1ccccc1NS(=O)(=O)c1ccc(OC)c(C(=O)NC)c1. The van der Waals surface area contributed by atoms with E-state index in [0.29, 0.717) is 0 Å². The molecule has 2 aromatic carbocycles. The second kappa shape index (κ2) is 9.42. The number of para-hydroxylation sites is 1. The van der Waals surface area contributed by atoms with E-state index in [1.807, 2.05) is 13.8 Å². The van der Waals surface area contributed by atoms with Gasteiger partial charge in [-0.3, -0.25) is 14.3 Å². The van der Waals surface area contributed by atoms with Crippen molar-refractivity contribution < 1.29 is 22.7 Å². The van der Waals surface area contributed by atoms with Crippen LogP contribution in [0, 0.1) is 0 Å². The van der Waals surface area contributed by atoms with Crippen LogP contribution in [0.3, 0.4) is 0 Å². The van der Waals surface area contributed by atoms with Crippen LogP contribution in [0.4, 0.5) is 5.69 Å². The van der Waals surface area contributed by atoms with Crippen LogP contribution in [0.5, 0.6) is 5.75 Å². The van der Waals surface area contributed by atoms with Crippen LogP contribution in [0.25, 0.3) is 0 Å². The fourth-order valence-electron chi connectivity index (χ4n) is 2.54. The zero-order valence-electron chi connectivity index (χ0n) is 16.8. The third-order valence-electron chi connectivity index (χ3n) is 4.36.